The molecule has 0 radical (unpaired) electrons. The van der Waals surface area contributed by atoms with Crippen LogP contribution in [0.1, 0.15) is 40.5 Å². The van der Waals surface area contributed by atoms with Crippen molar-refractivity contribution in [3.05, 3.63) is 71.3 Å². The fourth-order valence-electron chi connectivity index (χ4n) is 4.77. The number of fused-ring (bicyclic) bond motifs is 1. The van der Waals surface area contributed by atoms with Crippen LogP contribution in [0, 0.1) is 28.9 Å². The molecule has 0 aliphatic heterocycles. The first-order valence-electron chi connectivity index (χ1n) is 13.1. The minimum absolute atomic E-state index is 0.00388. The zero-order chi connectivity index (χ0) is 31.1. The summed E-state index contributed by atoms with van der Waals surface area (Å²) >= 11 is 0. The van der Waals surface area contributed by atoms with Crippen LogP contribution in [0.15, 0.2) is 52.9 Å². The van der Waals surface area contributed by atoms with Gasteiger partial charge in [-0.15, -0.1) is 0 Å². The fourth-order valence-corrected chi connectivity index (χ4v) is 4.77. The van der Waals surface area contributed by atoms with Crippen molar-refractivity contribution >= 4 is 28.7 Å². The lowest BCUT2D eigenvalue weighted by Crippen LogP contribution is -2.46. The monoisotopic (exact) mass is 597 g/mol. The van der Waals surface area contributed by atoms with Crippen LogP contribution in [-0.2, 0) is 0 Å². The van der Waals surface area contributed by atoms with Crippen molar-refractivity contribution in [3.63, 3.8) is 0 Å². The molecule has 2 amide bonds. The van der Waals surface area contributed by atoms with Crippen molar-refractivity contribution in [2.75, 3.05) is 18.9 Å². The number of anilines is 1. The van der Waals surface area contributed by atoms with Gasteiger partial charge < -0.3 is 20.4 Å². The van der Waals surface area contributed by atoms with E-state index in [-0.39, 0.29) is 45.3 Å². The molecule has 1 aliphatic carbocycles. The van der Waals surface area contributed by atoms with Crippen LogP contribution in [0.3, 0.4) is 0 Å². The first-order valence-corrected chi connectivity index (χ1v) is 13.1. The lowest BCUT2D eigenvalue weighted by atomic mass is 9.96. The summed E-state index contributed by atoms with van der Waals surface area (Å²) in [6.07, 6.45) is -3.18. The fraction of sp³-hybridized carbons (Fsp3) is 0.267. The maximum atomic E-state index is 14.9. The lowest BCUT2D eigenvalue weighted by Gasteiger charge is -2.23. The molecule has 0 saturated heterocycles. The highest BCUT2D eigenvalue weighted by Crippen LogP contribution is 2.40. The smallest absolute Gasteiger partial charge is 0.405 e. The summed E-state index contributed by atoms with van der Waals surface area (Å²) in [5.74, 6) is -3.34. The highest BCUT2D eigenvalue weighted by molar-refractivity contribution is 6.11. The second kappa shape index (κ2) is 11.0. The predicted molar refractivity (Wildman–Crippen MR) is 147 cm³/mol. The average Bonchev–Trinajstić information content (AvgIpc) is 3.77. The zero-order valence-electron chi connectivity index (χ0n) is 22.8. The molecular weight excluding hydrogens is 573 g/mol. The first kappa shape index (κ1) is 29.5. The molecule has 13 heteroatoms. The molecule has 43 heavy (non-hydrogen) atoms. The molecule has 1 saturated carbocycles. The molecule has 0 bridgehead atoms. The quantitative estimate of drug-likeness (QED) is 0.208. The Morgan fingerprint density at radius 2 is 1.72 bits per heavy atom. The number of hydrogen-bond donors (Lipinski definition) is 3. The Labute approximate surface area is 241 Å². The van der Waals surface area contributed by atoms with Crippen LogP contribution >= 0.6 is 0 Å². The van der Waals surface area contributed by atoms with Gasteiger partial charge in [-0.2, -0.15) is 23.4 Å². The number of pyridine rings is 1. The number of furan rings is 1. The summed E-state index contributed by atoms with van der Waals surface area (Å²) in [5.41, 5.74) is -1.46. The van der Waals surface area contributed by atoms with E-state index in [1.165, 1.54) is 31.3 Å². The standard InChI is InChI=1S/C30H24F5N5O3/c1-29(13-36,17-6-7-17)40-26(41)20-11-16(5-10-22(20)32)19-12-21-23(27(42)37-2)24(15-3-8-18(31)9-4-15)43-28(21)39-25(19)38-14-30(33,34)35/h3-5,8-12,17H,6-7,14H2,1-2H3,(H,37,42)(H,38,39)(H,40,41)/t29-/m0/s1. The molecule has 5 rings (SSSR count). The van der Waals surface area contributed by atoms with Gasteiger partial charge in [-0.1, -0.05) is 6.07 Å². The van der Waals surface area contributed by atoms with Crippen LogP contribution in [0.4, 0.5) is 27.8 Å². The largest absolute Gasteiger partial charge is 0.437 e. The van der Waals surface area contributed by atoms with E-state index in [2.05, 4.69) is 27.0 Å². The highest BCUT2D eigenvalue weighted by atomic mass is 19.4. The van der Waals surface area contributed by atoms with Crippen LogP contribution in [0.25, 0.3) is 33.6 Å². The van der Waals surface area contributed by atoms with Gasteiger partial charge in [0.25, 0.3) is 11.8 Å². The minimum atomic E-state index is -4.64. The number of carbonyl (C=O) groups excluding carboxylic acids is 2. The average molecular weight is 598 g/mol. The van der Waals surface area contributed by atoms with Crippen molar-refractivity contribution in [1.29, 1.82) is 5.26 Å². The van der Waals surface area contributed by atoms with Gasteiger partial charge in [-0.3, -0.25) is 9.59 Å². The van der Waals surface area contributed by atoms with Gasteiger partial charge in [-0.05, 0) is 73.7 Å². The number of nitriles is 1. The Bertz CT molecular complexity index is 1770. The van der Waals surface area contributed by atoms with Gasteiger partial charge in [0.2, 0.25) is 5.71 Å². The van der Waals surface area contributed by atoms with Gasteiger partial charge in [0, 0.05) is 18.2 Å². The number of alkyl halides is 3. The molecule has 3 N–H and O–H groups in total. The molecule has 2 aromatic heterocycles. The van der Waals surface area contributed by atoms with Gasteiger partial charge in [0.1, 0.15) is 35.3 Å². The summed E-state index contributed by atoms with van der Waals surface area (Å²) in [5, 5.41) is 17.0. The normalized spacial score (nSPS) is 14.6. The van der Waals surface area contributed by atoms with E-state index in [1.807, 2.05) is 0 Å². The molecule has 1 fully saturated rings. The van der Waals surface area contributed by atoms with Crippen molar-refractivity contribution in [2.24, 2.45) is 5.92 Å². The molecule has 0 unspecified atom stereocenters. The summed E-state index contributed by atoms with van der Waals surface area (Å²) in [6, 6.07) is 11.8. The molecule has 8 nitrogen and oxygen atoms in total. The topological polar surface area (TPSA) is 120 Å². The van der Waals surface area contributed by atoms with Crippen LogP contribution < -0.4 is 16.0 Å². The number of nitrogens with one attached hydrogen (secondary N) is 3. The van der Waals surface area contributed by atoms with Crippen molar-refractivity contribution in [2.45, 2.75) is 31.5 Å². The van der Waals surface area contributed by atoms with Crippen LogP contribution in [-0.4, -0.2) is 42.1 Å². The zero-order valence-corrected chi connectivity index (χ0v) is 22.8. The Morgan fingerprint density at radius 1 is 1.05 bits per heavy atom. The Kier molecular flexibility index (Phi) is 7.56. The number of halogens is 5. The first-order chi connectivity index (χ1) is 20.3. The van der Waals surface area contributed by atoms with E-state index in [4.69, 9.17) is 4.42 Å². The van der Waals surface area contributed by atoms with Crippen LogP contribution in [0.2, 0.25) is 0 Å². The van der Waals surface area contributed by atoms with Crippen molar-refractivity contribution < 1.29 is 36.0 Å². The van der Waals surface area contributed by atoms with Gasteiger partial charge in [0.15, 0.2) is 0 Å². The Morgan fingerprint density at radius 3 is 2.33 bits per heavy atom. The van der Waals surface area contributed by atoms with E-state index in [1.54, 1.807) is 6.92 Å². The van der Waals surface area contributed by atoms with E-state index in [9.17, 15) is 36.8 Å². The Balaban J connectivity index is 1.67. The third-order valence-corrected chi connectivity index (χ3v) is 7.22. The maximum absolute atomic E-state index is 14.9. The summed E-state index contributed by atoms with van der Waals surface area (Å²) in [6.45, 7) is 0.0576. The van der Waals surface area contributed by atoms with E-state index < -0.39 is 47.3 Å². The second-order valence-corrected chi connectivity index (χ2v) is 10.3. The summed E-state index contributed by atoms with van der Waals surface area (Å²) < 4.78 is 74.0. The number of nitrogens with zero attached hydrogens (tertiary/aromatic N) is 2. The molecule has 2 aromatic carbocycles. The van der Waals surface area contributed by atoms with E-state index in [0.717, 1.165) is 37.1 Å². The minimum Gasteiger partial charge on any atom is -0.437 e. The van der Waals surface area contributed by atoms with Crippen LogP contribution in [0.5, 0.6) is 0 Å². The SMILES string of the molecule is CNC(=O)c1c(-c2ccc(F)cc2)oc2nc(NCC(F)(F)F)c(-c3ccc(F)c(C(=O)N[C@@](C)(C#N)C4CC4)c3)cc12. The van der Waals surface area contributed by atoms with E-state index >= 15 is 0 Å². The van der Waals surface area contributed by atoms with E-state index in [0.29, 0.717) is 5.56 Å². The van der Waals surface area contributed by atoms with Gasteiger partial charge >= 0.3 is 6.18 Å². The number of amides is 2. The summed E-state index contributed by atoms with van der Waals surface area (Å²) in [4.78, 5) is 30.3. The highest BCUT2D eigenvalue weighted by Gasteiger charge is 2.43. The molecule has 1 atom stereocenters. The van der Waals surface area contributed by atoms with Gasteiger partial charge in [-0.25, -0.2) is 8.78 Å². The third kappa shape index (κ3) is 5.99. The molecule has 2 heterocycles. The number of carbonyl (C=O) groups is 2. The second-order valence-electron chi connectivity index (χ2n) is 10.3. The predicted octanol–water partition coefficient (Wildman–Crippen LogP) is 6.20. The molecule has 1 aliphatic rings. The Hall–Kier alpha value is -4.99. The summed E-state index contributed by atoms with van der Waals surface area (Å²) in [7, 11) is 1.37. The molecular formula is C30H24F5N5O3. The number of aromatic nitrogens is 1. The maximum Gasteiger partial charge on any atom is 0.405 e. The lowest BCUT2D eigenvalue weighted by molar-refractivity contribution is -0.115. The molecule has 0 spiro atoms. The number of hydrogen-bond acceptors (Lipinski definition) is 6. The molecule has 4 aromatic rings. The number of rotatable bonds is 8. The van der Waals surface area contributed by atoms with Crippen molar-refractivity contribution in [1.82, 2.24) is 15.6 Å². The van der Waals surface area contributed by atoms with Gasteiger partial charge in [0.05, 0.1) is 22.6 Å². The molecule has 222 valence electrons. The van der Waals surface area contributed by atoms with Crippen molar-refractivity contribution in [3.8, 4) is 28.5 Å². The third-order valence-electron chi connectivity index (χ3n) is 7.22. The number of benzene rings is 2.